The predicted molar refractivity (Wildman–Crippen MR) is 123 cm³/mol. The number of likely N-dealkylation sites (N-methyl/N-ethyl adjacent to an activating group) is 1. The van der Waals surface area contributed by atoms with Gasteiger partial charge >= 0.3 is 12.3 Å². The van der Waals surface area contributed by atoms with Crippen molar-refractivity contribution in [3.8, 4) is 22.6 Å². The normalized spacial score (nSPS) is 18.2. The average Bonchev–Trinajstić information content (AvgIpc) is 2.75. The fraction of sp³-hybridized carbons (Fsp3) is 0.400. The number of methoxy groups -OCH3 is 1. The van der Waals surface area contributed by atoms with Gasteiger partial charge in [0.1, 0.15) is 17.6 Å². The van der Waals surface area contributed by atoms with E-state index in [1.807, 2.05) is 25.7 Å². The number of benzene rings is 2. The molecule has 0 fully saturated rings. The fourth-order valence-electron chi connectivity index (χ4n) is 4.12. The molecule has 0 radical (unpaired) electrons. The van der Waals surface area contributed by atoms with Crippen LogP contribution >= 0.6 is 0 Å². The van der Waals surface area contributed by atoms with Crippen LogP contribution in [0.1, 0.15) is 31.9 Å². The van der Waals surface area contributed by atoms with Crippen LogP contribution in [0.15, 0.2) is 36.4 Å². The smallest absolute Gasteiger partial charge is 0.483 e. The van der Waals surface area contributed by atoms with Gasteiger partial charge in [-0.1, -0.05) is 19.9 Å². The molecule has 184 valence electrons. The molecule has 0 aliphatic carbocycles. The van der Waals surface area contributed by atoms with Gasteiger partial charge < -0.3 is 24.2 Å². The minimum Gasteiger partial charge on any atom is -0.483 e. The maximum absolute atomic E-state index is 13.1. The highest BCUT2D eigenvalue weighted by atomic mass is 19.4. The van der Waals surface area contributed by atoms with E-state index in [4.69, 9.17) is 14.6 Å². The van der Waals surface area contributed by atoms with Crippen LogP contribution in [0.5, 0.6) is 11.5 Å². The summed E-state index contributed by atoms with van der Waals surface area (Å²) in [6.07, 6.45) is -3.25. The second-order valence-electron chi connectivity index (χ2n) is 8.35. The number of halogens is 3. The standard InChI is InChI=1S/C25H28F3NO5/c1-6-29-19-13-17(15(4)11-21(19)33-23(14(2)3)24(29)32-5)18-12-16(8-10-22(30)31)7-9-20(18)34-25(26,27)28/h7-14,23-24H,6H2,1-5H3,(H,30,31)/b10-8+. The second-order valence-corrected chi connectivity index (χ2v) is 8.35. The van der Waals surface area contributed by atoms with E-state index in [9.17, 15) is 18.0 Å². The first-order valence-corrected chi connectivity index (χ1v) is 10.9. The number of rotatable bonds is 7. The van der Waals surface area contributed by atoms with E-state index in [1.54, 1.807) is 26.2 Å². The van der Waals surface area contributed by atoms with Gasteiger partial charge in [0.15, 0.2) is 6.23 Å². The van der Waals surface area contributed by atoms with E-state index in [2.05, 4.69) is 4.74 Å². The summed E-state index contributed by atoms with van der Waals surface area (Å²) in [6.45, 7) is 8.40. The number of carbonyl (C=O) groups is 1. The first-order valence-electron chi connectivity index (χ1n) is 10.9. The number of aryl methyl sites for hydroxylation is 1. The van der Waals surface area contributed by atoms with Gasteiger partial charge in [-0.2, -0.15) is 0 Å². The molecule has 2 atom stereocenters. The third-order valence-electron chi connectivity index (χ3n) is 5.64. The molecular weight excluding hydrogens is 451 g/mol. The number of ether oxygens (including phenoxy) is 3. The number of carboxylic acids is 1. The highest BCUT2D eigenvalue weighted by Gasteiger charge is 2.38. The number of alkyl halides is 3. The summed E-state index contributed by atoms with van der Waals surface area (Å²) in [7, 11) is 1.60. The lowest BCUT2D eigenvalue weighted by atomic mass is 9.94. The van der Waals surface area contributed by atoms with E-state index in [1.165, 1.54) is 24.3 Å². The van der Waals surface area contributed by atoms with E-state index >= 15 is 0 Å². The minimum atomic E-state index is -4.89. The number of nitrogens with zero attached hydrogens (tertiary/aromatic N) is 1. The van der Waals surface area contributed by atoms with E-state index in [0.29, 0.717) is 34.7 Å². The molecule has 2 unspecified atom stereocenters. The van der Waals surface area contributed by atoms with Crippen LogP contribution in [0.3, 0.4) is 0 Å². The lowest BCUT2D eigenvalue weighted by Gasteiger charge is -2.44. The summed E-state index contributed by atoms with van der Waals surface area (Å²) >= 11 is 0. The molecule has 0 bridgehead atoms. The molecule has 1 heterocycles. The lowest BCUT2D eigenvalue weighted by Crippen LogP contribution is -2.53. The highest BCUT2D eigenvalue weighted by Crippen LogP contribution is 2.45. The summed E-state index contributed by atoms with van der Waals surface area (Å²) in [5.74, 6) is -0.763. The minimum absolute atomic E-state index is 0.164. The number of fused-ring (bicyclic) bond motifs is 1. The van der Waals surface area contributed by atoms with Crippen molar-refractivity contribution in [3.63, 3.8) is 0 Å². The maximum Gasteiger partial charge on any atom is 0.573 e. The molecule has 3 rings (SSSR count). The largest absolute Gasteiger partial charge is 0.573 e. The monoisotopic (exact) mass is 479 g/mol. The molecule has 2 aromatic carbocycles. The van der Waals surface area contributed by atoms with Crippen molar-refractivity contribution in [3.05, 3.63) is 47.5 Å². The Morgan fingerprint density at radius 2 is 1.94 bits per heavy atom. The van der Waals surface area contributed by atoms with Crippen LogP contribution in [0.4, 0.5) is 18.9 Å². The zero-order chi connectivity index (χ0) is 25.2. The molecule has 1 aliphatic rings. The SMILES string of the molecule is CCN1c2cc(-c3cc(/C=C/C(=O)O)ccc3OC(F)(F)F)c(C)cc2OC(C(C)C)C1OC. The van der Waals surface area contributed by atoms with Crippen molar-refractivity contribution >= 4 is 17.7 Å². The molecule has 0 spiro atoms. The Morgan fingerprint density at radius 3 is 2.50 bits per heavy atom. The van der Waals surface area contributed by atoms with Crippen LogP contribution < -0.4 is 14.4 Å². The van der Waals surface area contributed by atoms with Crippen molar-refractivity contribution in [2.45, 2.75) is 46.4 Å². The van der Waals surface area contributed by atoms with Gasteiger partial charge in [-0.15, -0.1) is 13.2 Å². The van der Waals surface area contributed by atoms with E-state index < -0.39 is 12.3 Å². The average molecular weight is 479 g/mol. The summed E-state index contributed by atoms with van der Waals surface area (Å²) in [5.41, 5.74) is 2.47. The van der Waals surface area contributed by atoms with Gasteiger partial charge in [0.2, 0.25) is 0 Å². The van der Waals surface area contributed by atoms with Gasteiger partial charge in [0.05, 0.1) is 5.69 Å². The van der Waals surface area contributed by atoms with Gasteiger partial charge in [-0.3, -0.25) is 0 Å². The zero-order valence-corrected chi connectivity index (χ0v) is 19.6. The topological polar surface area (TPSA) is 68.2 Å². The van der Waals surface area contributed by atoms with Gasteiger partial charge in [0.25, 0.3) is 0 Å². The van der Waals surface area contributed by atoms with E-state index in [-0.39, 0.29) is 29.6 Å². The number of carboxylic acid groups (broad SMARTS) is 1. The third-order valence-corrected chi connectivity index (χ3v) is 5.64. The molecule has 6 nitrogen and oxygen atoms in total. The van der Waals surface area contributed by atoms with Crippen molar-refractivity contribution in [2.24, 2.45) is 5.92 Å². The van der Waals surface area contributed by atoms with Crippen molar-refractivity contribution in [1.82, 2.24) is 0 Å². The molecule has 1 N–H and O–H groups in total. The Morgan fingerprint density at radius 1 is 1.24 bits per heavy atom. The third kappa shape index (κ3) is 5.47. The Kier molecular flexibility index (Phi) is 7.45. The van der Waals surface area contributed by atoms with Crippen LogP contribution in [0.2, 0.25) is 0 Å². The van der Waals surface area contributed by atoms with Crippen LogP contribution in [0, 0.1) is 12.8 Å². The maximum atomic E-state index is 13.1. The zero-order valence-electron chi connectivity index (χ0n) is 19.6. The molecule has 0 saturated heterocycles. The van der Waals surface area contributed by atoms with Crippen molar-refractivity contribution in [2.75, 3.05) is 18.6 Å². The Labute approximate surface area is 196 Å². The Balaban J connectivity index is 2.20. The fourth-order valence-corrected chi connectivity index (χ4v) is 4.12. The number of hydrogen-bond acceptors (Lipinski definition) is 5. The van der Waals surface area contributed by atoms with E-state index in [0.717, 1.165) is 6.08 Å². The first-order chi connectivity index (χ1) is 15.9. The van der Waals surface area contributed by atoms with Crippen LogP contribution in [0.25, 0.3) is 17.2 Å². The molecule has 9 heteroatoms. The summed E-state index contributed by atoms with van der Waals surface area (Å²) in [4.78, 5) is 12.9. The first kappa shape index (κ1) is 25.4. The molecule has 2 aromatic rings. The Bertz CT molecular complexity index is 1080. The van der Waals surface area contributed by atoms with Crippen LogP contribution in [-0.2, 0) is 9.53 Å². The van der Waals surface area contributed by atoms with Gasteiger partial charge in [0, 0.05) is 25.3 Å². The highest BCUT2D eigenvalue weighted by molar-refractivity contribution is 5.87. The number of hydrogen-bond donors (Lipinski definition) is 1. The Hall–Kier alpha value is -3.20. The molecule has 34 heavy (non-hydrogen) atoms. The van der Waals surface area contributed by atoms with Gasteiger partial charge in [-0.05, 0) is 66.8 Å². The molecule has 0 amide bonds. The molecule has 0 aromatic heterocycles. The molecular formula is C25H28F3NO5. The predicted octanol–water partition coefficient (Wildman–Crippen LogP) is 5.87. The number of aliphatic carboxylic acids is 1. The lowest BCUT2D eigenvalue weighted by molar-refractivity contribution is -0.274. The molecule has 1 aliphatic heterocycles. The second kappa shape index (κ2) is 9.97. The summed E-state index contributed by atoms with van der Waals surface area (Å²) < 4.78 is 55.7. The van der Waals surface area contributed by atoms with Crippen LogP contribution in [-0.4, -0.2) is 43.4 Å². The summed E-state index contributed by atoms with van der Waals surface area (Å²) in [6, 6.07) is 7.59. The molecule has 0 saturated carbocycles. The number of anilines is 1. The van der Waals surface area contributed by atoms with Gasteiger partial charge in [-0.25, -0.2) is 4.79 Å². The quantitative estimate of drug-likeness (QED) is 0.501. The van der Waals surface area contributed by atoms with Crippen molar-refractivity contribution < 1.29 is 37.3 Å². The van der Waals surface area contributed by atoms with Crippen molar-refractivity contribution in [1.29, 1.82) is 0 Å². The summed E-state index contributed by atoms with van der Waals surface area (Å²) in [5, 5.41) is 8.92.